The smallest absolute Gasteiger partial charge is 0.262 e. The number of benzene rings is 2. The maximum Gasteiger partial charge on any atom is 0.262 e. The standard InChI is InChI=1S/C23H28N2O3S/c1-14-5-4-6-20(16(14)3)25-29(27,28)22-13-19(9-7-15(22)2)23(26)24-21-12-17-8-10-18(21)11-17/h4-7,9,13,17-18,21,25H,8,10-12H2,1-3H3,(H,24,26)/t17-,18-,21-/m1/s1. The number of sulfonamides is 1. The molecule has 0 aliphatic heterocycles. The van der Waals surface area contributed by atoms with Crippen molar-refractivity contribution in [1.29, 1.82) is 0 Å². The van der Waals surface area contributed by atoms with Crippen LogP contribution in [0.4, 0.5) is 5.69 Å². The van der Waals surface area contributed by atoms with E-state index < -0.39 is 10.0 Å². The lowest BCUT2D eigenvalue weighted by Gasteiger charge is -2.23. The van der Waals surface area contributed by atoms with Crippen LogP contribution >= 0.6 is 0 Å². The van der Waals surface area contributed by atoms with E-state index in [4.69, 9.17) is 0 Å². The van der Waals surface area contributed by atoms with Gasteiger partial charge in [0.15, 0.2) is 0 Å². The zero-order chi connectivity index (χ0) is 20.8. The Bertz CT molecular complexity index is 1060. The van der Waals surface area contributed by atoms with Gasteiger partial charge in [0.2, 0.25) is 0 Å². The Hall–Kier alpha value is -2.34. The molecule has 0 unspecified atom stereocenters. The maximum absolute atomic E-state index is 13.1. The quantitative estimate of drug-likeness (QED) is 0.767. The molecule has 2 aromatic carbocycles. The molecule has 3 atom stereocenters. The molecule has 2 aliphatic rings. The predicted octanol–water partition coefficient (Wildman–Crippen LogP) is 4.33. The highest BCUT2D eigenvalue weighted by Crippen LogP contribution is 2.44. The summed E-state index contributed by atoms with van der Waals surface area (Å²) in [5, 5.41) is 3.14. The van der Waals surface area contributed by atoms with E-state index in [0.717, 1.165) is 23.5 Å². The molecule has 2 bridgehead atoms. The van der Waals surface area contributed by atoms with Crippen LogP contribution in [0.5, 0.6) is 0 Å². The first-order chi connectivity index (χ1) is 13.7. The first kappa shape index (κ1) is 20.0. The fourth-order valence-electron chi connectivity index (χ4n) is 4.77. The van der Waals surface area contributed by atoms with Crippen molar-refractivity contribution in [2.45, 2.75) is 57.4 Å². The number of carbonyl (C=O) groups is 1. The first-order valence-corrected chi connectivity index (χ1v) is 11.7. The number of rotatable bonds is 5. The molecule has 0 radical (unpaired) electrons. The summed E-state index contributed by atoms with van der Waals surface area (Å²) < 4.78 is 28.8. The van der Waals surface area contributed by atoms with Gasteiger partial charge in [-0.25, -0.2) is 8.42 Å². The van der Waals surface area contributed by atoms with Crippen molar-refractivity contribution in [3.63, 3.8) is 0 Å². The SMILES string of the molecule is Cc1ccc(C(=O)N[C@@H]2C[C@@H]3CC[C@@H]2C3)cc1S(=O)(=O)Nc1cccc(C)c1C. The van der Waals surface area contributed by atoms with E-state index in [1.54, 1.807) is 25.1 Å². The van der Waals surface area contributed by atoms with Crippen molar-refractivity contribution >= 4 is 21.6 Å². The molecule has 2 saturated carbocycles. The van der Waals surface area contributed by atoms with Gasteiger partial charge in [-0.1, -0.05) is 24.6 Å². The molecular weight excluding hydrogens is 384 g/mol. The Morgan fingerprint density at radius 2 is 1.79 bits per heavy atom. The van der Waals surface area contributed by atoms with Crippen molar-refractivity contribution in [1.82, 2.24) is 5.32 Å². The van der Waals surface area contributed by atoms with Crippen LogP contribution in [0, 0.1) is 32.6 Å². The third-order valence-electron chi connectivity index (χ3n) is 6.64. The van der Waals surface area contributed by atoms with E-state index in [1.807, 2.05) is 26.0 Å². The van der Waals surface area contributed by atoms with Gasteiger partial charge in [0.1, 0.15) is 0 Å². The molecule has 2 aliphatic carbocycles. The Morgan fingerprint density at radius 3 is 2.48 bits per heavy atom. The van der Waals surface area contributed by atoms with Crippen molar-refractivity contribution in [2.24, 2.45) is 11.8 Å². The van der Waals surface area contributed by atoms with Gasteiger partial charge in [0, 0.05) is 11.6 Å². The first-order valence-electron chi connectivity index (χ1n) is 10.2. The van der Waals surface area contributed by atoms with Gasteiger partial charge in [-0.2, -0.15) is 0 Å². The Kier molecular flexibility index (Phi) is 5.15. The van der Waals surface area contributed by atoms with Crippen LogP contribution < -0.4 is 10.0 Å². The summed E-state index contributed by atoms with van der Waals surface area (Å²) in [6.45, 7) is 5.58. The number of amides is 1. The second-order valence-corrected chi connectivity index (χ2v) is 10.2. The number of carbonyl (C=O) groups excluding carboxylic acids is 1. The monoisotopic (exact) mass is 412 g/mol. The van der Waals surface area contributed by atoms with Crippen LogP contribution in [-0.4, -0.2) is 20.4 Å². The summed E-state index contributed by atoms with van der Waals surface area (Å²) in [6, 6.07) is 10.6. The van der Waals surface area contributed by atoms with Crippen LogP contribution in [0.1, 0.15) is 52.7 Å². The normalized spacial score (nSPS) is 23.2. The Morgan fingerprint density at radius 1 is 1.00 bits per heavy atom. The molecule has 154 valence electrons. The van der Waals surface area contributed by atoms with E-state index in [-0.39, 0.29) is 16.8 Å². The summed E-state index contributed by atoms with van der Waals surface area (Å²) in [5.74, 6) is 1.12. The second-order valence-electron chi connectivity index (χ2n) is 8.59. The molecule has 0 aromatic heterocycles. The Labute approximate surface area is 173 Å². The Balaban J connectivity index is 1.57. The largest absolute Gasteiger partial charge is 0.349 e. The summed E-state index contributed by atoms with van der Waals surface area (Å²) in [7, 11) is -3.80. The predicted molar refractivity (Wildman–Crippen MR) is 115 cm³/mol. The van der Waals surface area contributed by atoms with Gasteiger partial charge in [-0.3, -0.25) is 9.52 Å². The van der Waals surface area contributed by atoms with Crippen LogP contribution in [0.2, 0.25) is 0 Å². The van der Waals surface area contributed by atoms with Crippen molar-refractivity contribution in [2.75, 3.05) is 4.72 Å². The highest BCUT2D eigenvalue weighted by Gasteiger charge is 2.40. The zero-order valence-electron chi connectivity index (χ0n) is 17.2. The molecule has 29 heavy (non-hydrogen) atoms. The van der Waals surface area contributed by atoms with Gasteiger partial charge in [0.25, 0.3) is 15.9 Å². The minimum atomic E-state index is -3.80. The number of hydrogen-bond acceptors (Lipinski definition) is 3. The topological polar surface area (TPSA) is 75.3 Å². The molecule has 1 amide bonds. The highest BCUT2D eigenvalue weighted by molar-refractivity contribution is 7.92. The molecule has 0 saturated heterocycles. The second kappa shape index (κ2) is 7.48. The van der Waals surface area contributed by atoms with Crippen molar-refractivity contribution in [3.05, 3.63) is 58.7 Å². The van der Waals surface area contributed by atoms with Crippen molar-refractivity contribution in [3.8, 4) is 0 Å². The third-order valence-corrected chi connectivity index (χ3v) is 8.15. The highest BCUT2D eigenvalue weighted by atomic mass is 32.2. The minimum absolute atomic E-state index is 0.138. The molecule has 6 heteroatoms. The zero-order valence-corrected chi connectivity index (χ0v) is 18.0. The number of hydrogen-bond donors (Lipinski definition) is 2. The molecular formula is C23H28N2O3S. The van der Waals surface area contributed by atoms with Gasteiger partial charge >= 0.3 is 0 Å². The summed E-state index contributed by atoms with van der Waals surface area (Å²) >= 11 is 0. The van der Waals surface area contributed by atoms with Crippen LogP contribution in [-0.2, 0) is 10.0 Å². The van der Waals surface area contributed by atoms with E-state index >= 15 is 0 Å². The summed E-state index contributed by atoms with van der Waals surface area (Å²) in [6.07, 6.45) is 4.71. The van der Waals surface area contributed by atoms with E-state index in [9.17, 15) is 13.2 Å². The molecule has 0 spiro atoms. The van der Waals surface area contributed by atoms with E-state index in [0.29, 0.717) is 22.7 Å². The lowest BCUT2D eigenvalue weighted by atomic mass is 9.95. The number of nitrogens with one attached hydrogen (secondary N) is 2. The van der Waals surface area contributed by atoms with E-state index in [2.05, 4.69) is 10.0 Å². The lowest BCUT2D eigenvalue weighted by molar-refractivity contribution is 0.0922. The van der Waals surface area contributed by atoms with E-state index in [1.165, 1.54) is 25.3 Å². The van der Waals surface area contributed by atoms with Crippen LogP contribution in [0.25, 0.3) is 0 Å². The third kappa shape index (κ3) is 3.90. The molecule has 0 heterocycles. The molecule has 2 fully saturated rings. The molecule has 4 rings (SSSR count). The van der Waals surface area contributed by atoms with Gasteiger partial charge < -0.3 is 5.32 Å². The number of aryl methyl sites for hydroxylation is 2. The fourth-order valence-corrected chi connectivity index (χ4v) is 6.16. The molecule has 2 N–H and O–H groups in total. The molecule has 5 nitrogen and oxygen atoms in total. The average molecular weight is 413 g/mol. The maximum atomic E-state index is 13.1. The number of anilines is 1. The lowest BCUT2D eigenvalue weighted by Crippen LogP contribution is -2.38. The summed E-state index contributed by atoms with van der Waals surface area (Å²) in [5.41, 5.74) is 3.46. The van der Waals surface area contributed by atoms with Crippen LogP contribution in [0.3, 0.4) is 0 Å². The molecule has 2 aromatic rings. The van der Waals surface area contributed by atoms with Gasteiger partial charge in [-0.15, -0.1) is 0 Å². The van der Waals surface area contributed by atoms with Gasteiger partial charge in [0.05, 0.1) is 10.6 Å². The number of fused-ring (bicyclic) bond motifs is 2. The van der Waals surface area contributed by atoms with Crippen LogP contribution in [0.15, 0.2) is 41.3 Å². The minimum Gasteiger partial charge on any atom is -0.349 e. The fraction of sp³-hybridized carbons (Fsp3) is 0.435. The summed E-state index contributed by atoms with van der Waals surface area (Å²) in [4.78, 5) is 12.9. The van der Waals surface area contributed by atoms with Gasteiger partial charge in [-0.05, 0) is 86.8 Å². The average Bonchev–Trinajstić information content (AvgIpc) is 3.28. The van der Waals surface area contributed by atoms with Crippen molar-refractivity contribution < 1.29 is 13.2 Å².